The van der Waals surface area contributed by atoms with E-state index in [4.69, 9.17) is 12.6 Å². The molecule has 0 unspecified atom stereocenters. The number of hydrogen-bond donors (Lipinski definition) is 0. The molecule has 0 aliphatic carbocycles. The van der Waals surface area contributed by atoms with Gasteiger partial charge in [-0.25, -0.2) is 0 Å². The van der Waals surface area contributed by atoms with Gasteiger partial charge in [0.1, 0.15) is 11.2 Å². The van der Waals surface area contributed by atoms with Gasteiger partial charge in [-0.05, 0) is 95.6 Å². The lowest BCUT2D eigenvalue weighted by atomic mass is 9.84. The van der Waals surface area contributed by atoms with Crippen LogP contribution in [-0.2, 0) is 0 Å². The monoisotopic (exact) mass is 634 g/mol. The van der Waals surface area contributed by atoms with Crippen LogP contribution in [-0.4, -0.2) is 0 Å². The average molecular weight is 635 g/mol. The predicted octanol–water partition coefficient (Wildman–Crippen LogP) is 13.7. The van der Waals surface area contributed by atoms with Crippen molar-refractivity contribution in [2.45, 2.75) is 0 Å². The van der Waals surface area contributed by atoms with Crippen molar-refractivity contribution in [3.63, 3.8) is 0 Å². The first kappa shape index (κ1) is 18.2. The number of rotatable bonds is 4. The number of fused-ring (bicyclic) bond motifs is 7. The van der Waals surface area contributed by atoms with Crippen LogP contribution in [0.25, 0.3) is 98.8 Å². The number of furan rings is 1. The highest BCUT2D eigenvalue weighted by Gasteiger charge is 2.19. The molecule has 49 heavy (non-hydrogen) atoms. The smallest absolute Gasteiger partial charge is 0.143 e. The van der Waals surface area contributed by atoms with E-state index < -0.39 is 42.3 Å². The first-order valence-corrected chi connectivity index (χ1v) is 15.9. The molecule has 1 aromatic heterocycles. The summed E-state index contributed by atoms with van der Waals surface area (Å²) in [5.41, 5.74) is 3.15. The zero-order chi connectivity index (χ0) is 42.8. The Hall–Kier alpha value is -6.44. The molecule has 1 heterocycles. The summed E-state index contributed by atoms with van der Waals surface area (Å²) in [5.74, 6) is 0. The molecule has 0 bridgehead atoms. The maximum atomic E-state index is 9.93. The lowest BCUT2D eigenvalue weighted by molar-refractivity contribution is 0.672. The third-order valence-electron chi connectivity index (χ3n) is 9.06. The molecule has 0 saturated heterocycles. The third-order valence-corrected chi connectivity index (χ3v) is 9.06. The van der Waals surface area contributed by atoms with Crippen molar-refractivity contribution >= 4 is 54.3 Å². The van der Waals surface area contributed by atoms with Crippen molar-refractivity contribution in [1.29, 1.82) is 0 Å². The van der Waals surface area contributed by atoms with E-state index >= 15 is 0 Å². The molecule has 0 aliphatic rings. The van der Waals surface area contributed by atoms with Crippen LogP contribution in [0, 0.1) is 0 Å². The molecule has 9 aromatic carbocycles. The van der Waals surface area contributed by atoms with Crippen LogP contribution >= 0.6 is 0 Å². The molecule has 0 fully saturated rings. The highest BCUT2D eigenvalue weighted by Crippen LogP contribution is 2.46. The van der Waals surface area contributed by atoms with Crippen LogP contribution in [0.1, 0.15) is 16.4 Å². The molecule has 228 valence electrons. The number of benzene rings is 9. The zero-order valence-corrected chi connectivity index (χ0v) is 25.8. The van der Waals surface area contributed by atoms with Crippen molar-refractivity contribution in [3.8, 4) is 44.5 Å². The van der Waals surface area contributed by atoms with E-state index in [-0.39, 0.29) is 74.0 Å². The summed E-state index contributed by atoms with van der Waals surface area (Å²) in [6, 6.07) is 29.0. The van der Waals surface area contributed by atoms with Gasteiger partial charge in [0, 0.05) is 16.2 Å². The Labute approximate surface area is 301 Å². The minimum atomic E-state index is -0.571. The highest BCUT2D eigenvalue weighted by atomic mass is 16.3. The summed E-state index contributed by atoms with van der Waals surface area (Å²) >= 11 is 0. The SMILES string of the molecule is [2H]c1c([2H])c(-c2ccccc2)c(-c2ccccc2)c([2H])c1-c1c2ccccc2c(-c2c([2H])c([2H])c3oc4c5c([2H])c([2H])c([2H])c([2H])c5c([2H])c([2H])c4c3c2[2H])c2ccccc12. The molecule has 10 rings (SSSR count). The van der Waals surface area contributed by atoms with Gasteiger partial charge in [-0.15, -0.1) is 0 Å². The van der Waals surface area contributed by atoms with Gasteiger partial charge in [-0.3, -0.25) is 0 Å². The van der Waals surface area contributed by atoms with Crippen LogP contribution in [0.4, 0.5) is 0 Å². The zero-order valence-electron chi connectivity index (χ0n) is 37.8. The summed E-state index contributed by atoms with van der Waals surface area (Å²) in [6.45, 7) is 0. The van der Waals surface area contributed by atoms with Gasteiger partial charge in [-0.2, -0.15) is 0 Å². The minimum absolute atomic E-state index is 0.0305. The number of hydrogen-bond acceptors (Lipinski definition) is 1. The molecule has 0 aliphatic heterocycles. The molecular formula is C48H30O. The van der Waals surface area contributed by atoms with E-state index in [1.165, 1.54) is 0 Å². The van der Waals surface area contributed by atoms with E-state index in [0.29, 0.717) is 54.9 Å². The molecule has 0 N–H and O–H groups in total. The lowest BCUT2D eigenvalue weighted by Gasteiger charge is -2.19. The minimum Gasteiger partial charge on any atom is -0.455 e. The topological polar surface area (TPSA) is 13.1 Å². The Morgan fingerprint density at radius 3 is 1.57 bits per heavy atom. The normalized spacial score (nSPS) is 15.1. The molecule has 0 saturated carbocycles. The van der Waals surface area contributed by atoms with Gasteiger partial charge in [0.15, 0.2) is 0 Å². The van der Waals surface area contributed by atoms with Crippen molar-refractivity contribution in [1.82, 2.24) is 0 Å². The summed E-state index contributed by atoms with van der Waals surface area (Å²) in [7, 11) is 0. The van der Waals surface area contributed by atoms with E-state index in [0.717, 1.165) is 0 Å². The van der Waals surface area contributed by atoms with Gasteiger partial charge in [0.2, 0.25) is 0 Å². The summed E-state index contributed by atoms with van der Waals surface area (Å²) in [5, 5.41) is 1.74. The maximum absolute atomic E-state index is 9.93. The summed E-state index contributed by atoms with van der Waals surface area (Å²) in [4.78, 5) is 0. The molecular weight excluding hydrogens is 593 g/mol. The van der Waals surface area contributed by atoms with E-state index in [2.05, 4.69) is 0 Å². The molecule has 1 nitrogen and oxygen atoms in total. The summed E-state index contributed by atoms with van der Waals surface area (Å²) < 4.78 is 116. The van der Waals surface area contributed by atoms with Gasteiger partial charge >= 0.3 is 0 Å². The Bertz CT molecular complexity index is 3490. The fraction of sp³-hybridized carbons (Fsp3) is 0. The molecule has 1 heteroatoms. The van der Waals surface area contributed by atoms with Crippen LogP contribution in [0.15, 0.2) is 186 Å². The quantitative estimate of drug-likeness (QED) is 0.176. The van der Waals surface area contributed by atoms with Crippen LogP contribution in [0.3, 0.4) is 0 Å². The maximum Gasteiger partial charge on any atom is 0.143 e. The van der Waals surface area contributed by atoms with Crippen molar-refractivity contribution in [2.75, 3.05) is 0 Å². The predicted molar refractivity (Wildman–Crippen MR) is 208 cm³/mol. The second kappa shape index (κ2) is 11.1. The fourth-order valence-electron chi connectivity index (χ4n) is 6.88. The summed E-state index contributed by atoms with van der Waals surface area (Å²) in [6.07, 6.45) is 0. The Morgan fingerprint density at radius 1 is 0.367 bits per heavy atom. The van der Waals surface area contributed by atoms with Gasteiger partial charge in [0.25, 0.3) is 0 Å². The van der Waals surface area contributed by atoms with E-state index in [9.17, 15) is 8.22 Å². The Balaban J connectivity index is 1.35. The lowest BCUT2D eigenvalue weighted by Crippen LogP contribution is -1.92. The molecule has 0 atom stereocenters. The average Bonchev–Trinajstić information content (AvgIpc) is 3.69. The second-order valence-corrected chi connectivity index (χ2v) is 11.8. The van der Waals surface area contributed by atoms with Gasteiger partial charge < -0.3 is 4.42 Å². The molecule has 0 radical (unpaired) electrons. The van der Waals surface area contributed by atoms with Crippen LogP contribution in [0.2, 0.25) is 0 Å². The molecule has 0 amide bonds. The van der Waals surface area contributed by atoms with Crippen molar-refractivity contribution in [2.24, 2.45) is 0 Å². The molecule has 10 aromatic rings. The van der Waals surface area contributed by atoms with Crippen molar-refractivity contribution < 1.29 is 20.9 Å². The Kier molecular flexibility index (Phi) is 4.11. The first-order valence-electron chi connectivity index (χ1n) is 21.9. The van der Waals surface area contributed by atoms with Crippen molar-refractivity contribution in [3.05, 3.63) is 182 Å². The largest absolute Gasteiger partial charge is 0.455 e. The van der Waals surface area contributed by atoms with Gasteiger partial charge in [-0.1, -0.05) is 158 Å². The fourth-order valence-corrected chi connectivity index (χ4v) is 6.88. The first-order chi connectivity index (χ1) is 29.3. The van der Waals surface area contributed by atoms with Crippen LogP contribution in [0.5, 0.6) is 0 Å². The van der Waals surface area contributed by atoms with Crippen LogP contribution < -0.4 is 0 Å². The standard InChI is InChI=1S/C48H30O/c1-3-13-31(14-4-1)36-26-24-34(29-43(36)32-15-5-2-6-16-32)46-38-19-9-11-21-40(38)47(41-22-12-10-20-39(41)46)35-25-28-45-44(30-35)42-27-23-33-17-7-8-18-37(33)48(42)49-45/h1-30H/i7D,8D,17D,18D,23D,24D,25D,26D,27D,28D,29D,30D. The van der Waals surface area contributed by atoms with E-state index in [1.54, 1.807) is 12.1 Å². The second-order valence-electron chi connectivity index (χ2n) is 11.8. The third kappa shape index (κ3) is 4.40. The van der Waals surface area contributed by atoms with E-state index in [1.807, 2.05) is 97.1 Å². The highest BCUT2D eigenvalue weighted by molar-refractivity contribution is 6.23. The Morgan fingerprint density at radius 2 is 0.918 bits per heavy atom. The molecule has 0 spiro atoms. The van der Waals surface area contributed by atoms with Gasteiger partial charge in [0.05, 0.1) is 16.4 Å².